The van der Waals surface area contributed by atoms with E-state index < -0.39 is 45.9 Å². The first kappa shape index (κ1) is 24.9. The van der Waals surface area contributed by atoms with Crippen molar-refractivity contribution in [2.24, 2.45) is 0 Å². The Morgan fingerprint density at radius 1 is 1.32 bits per heavy atom. The van der Waals surface area contributed by atoms with E-state index >= 15 is 0 Å². The molecule has 1 aliphatic heterocycles. The molecule has 18 heteroatoms. The highest BCUT2D eigenvalue weighted by Gasteiger charge is 2.46. The zero-order valence-corrected chi connectivity index (χ0v) is 19.3. The number of nitrogens with two attached hydrogens (primary N) is 1. The Hall–Kier alpha value is -0.770. The van der Waals surface area contributed by atoms with Gasteiger partial charge in [0.2, 0.25) is 0 Å². The summed E-state index contributed by atoms with van der Waals surface area (Å²) in [7, 11) is -8.49. The van der Waals surface area contributed by atoms with Crippen molar-refractivity contribution in [2.45, 2.75) is 37.0 Å². The molecule has 3 N–H and O–H groups in total. The lowest BCUT2D eigenvalue weighted by molar-refractivity contribution is -0.339. The third-order valence-corrected chi connectivity index (χ3v) is 9.12. The first-order valence-electron chi connectivity index (χ1n) is 8.76. The van der Waals surface area contributed by atoms with Crippen LogP contribution in [0.15, 0.2) is 12.7 Å². The van der Waals surface area contributed by atoms with Gasteiger partial charge in [-0.3, -0.25) is 13.4 Å². The number of rotatable bonds is 10. The standard InChI is InChI=1S/C13H21N5O9P2S2/c1-2-3-30-31-10-9(19)7(4-25-29(23,24)27-28(20,21)22)26-13(10)18-6-17-8-11(14)15-5-16-12(8)18/h5-7,9-10,13,19H,2-4H2,1H3,(H,23,24)(H2,14,15,16)(H2,20,21,22)/p-3/t7-,9-,10+,13-/m1/s1. The average Bonchev–Trinajstić information content (AvgIpc) is 3.21. The first-order valence-corrected chi connectivity index (χ1v) is 14.1. The number of hydrogen-bond acceptors (Lipinski definition) is 15. The second kappa shape index (κ2) is 10.0. The summed E-state index contributed by atoms with van der Waals surface area (Å²) in [6.07, 6.45) is 0.283. The minimum absolute atomic E-state index is 0.149. The summed E-state index contributed by atoms with van der Waals surface area (Å²) in [6, 6.07) is 0. The van der Waals surface area contributed by atoms with Crippen LogP contribution in [0.5, 0.6) is 0 Å². The fraction of sp³-hybridized carbons (Fsp3) is 0.615. The van der Waals surface area contributed by atoms with Gasteiger partial charge < -0.3 is 39.3 Å². The van der Waals surface area contributed by atoms with E-state index in [1.807, 2.05) is 6.92 Å². The minimum atomic E-state index is -5.83. The van der Waals surface area contributed by atoms with Crippen LogP contribution in [0.3, 0.4) is 0 Å². The smallest absolute Gasteiger partial charge is 0.271 e. The number of nitrogens with zero attached hydrogens (tertiary/aromatic N) is 4. The molecule has 0 saturated carbocycles. The number of aliphatic hydroxyl groups is 1. The van der Waals surface area contributed by atoms with Crippen LogP contribution in [0, 0.1) is 0 Å². The Morgan fingerprint density at radius 2 is 2.06 bits per heavy atom. The molecule has 0 aromatic carbocycles. The molecule has 0 aliphatic carbocycles. The number of phosphoric ester groups is 1. The zero-order valence-electron chi connectivity index (χ0n) is 15.9. The number of phosphoric acid groups is 2. The van der Waals surface area contributed by atoms with E-state index in [4.69, 9.17) is 10.5 Å². The van der Waals surface area contributed by atoms with Crippen molar-refractivity contribution in [2.75, 3.05) is 18.1 Å². The van der Waals surface area contributed by atoms with Crippen LogP contribution in [-0.2, 0) is 22.7 Å². The quantitative estimate of drug-likeness (QED) is 0.224. The zero-order chi connectivity index (χ0) is 22.8. The summed E-state index contributed by atoms with van der Waals surface area (Å²) in [5.41, 5.74) is 6.47. The van der Waals surface area contributed by atoms with Crippen molar-refractivity contribution >= 4 is 54.2 Å². The van der Waals surface area contributed by atoms with Gasteiger partial charge in [-0.15, -0.1) is 0 Å². The average molecular weight is 514 g/mol. The van der Waals surface area contributed by atoms with Gasteiger partial charge in [0.25, 0.3) is 7.82 Å². The topological polar surface area (TPSA) is 221 Å². The molecule has 3 heterocycles. The molecule has 1 aliphatic rings. The van der Waals surface area contributed by atoms with Crippen LogP contribution >= 0.6 is 37.2 Å². The number of aromatic nitrogens is 4. The molecule has 31 heavy (non-hydrogen) atoms. The van der Waals surface area contributed by atoms with Gasteiger partial charge >= 0.3 is 0 Å². The lowest BCUT2D eigenvalue weighted by atomic mass is 10.2. The third-order valence-electron chi connectivity index (χ3n) is 4.04. The van der Waals surface area contributed by atoms with Crippen molar-refractivity contribution in [3.63, 3.8) is 0 Å². The van der Waals surface area contributed by atoms with Crippen LogP contribution in [0.4, 0.5) is 5.82 Å². The van der Waals surface area contributed by atoms with Crippen LogP contribution in [0.25, 0.3) is 11.2 Å². The summed E-state index contributed by atoms with van der Waals surface area (Å²) in [5, 5.41) is 10.1. The second-order valence-corrected chi connectivity index (χ2v) is 11.7. The Labute approximate surface area is 184 Å². The van der Waals surface area contributed by atoms with Crippen LogP contribution in [0.2, 0.25) is 0 Å². The van der Waals surface area contributed by atoms with Crippen LogP contribution in [-0.4, -0.2) is 54.4 Å². The van der Waals surface area contributed by atoms with Gasteiger partial charge in [0.1, 0.15) is 17.9 Å². The van der Waals surface area contributed by atoms with Crippen molar-refractivity contribution in [1.29, 1.82) is 0 Å². The molecule has 14 nitrogen and oxygen atoms in total. The summed E-state index contributed by atoms with van der Waals surface area (Å²) >= 11 is 0. The molecule has 3 rings (SSSR count). The van der Waals surface area contributed by atoms with E-state index in [2.05, 4.69) is 23.8 Å². The Morgan fingerprint density at radius 3 is 2.74 bits per heavy atom. The predicted molar refractivity (Wildman–Crippen MR) is 106 cm³/mol. The van der Waals surface area contributed by atoms with Crippen LogP contribution < -0.4 is 20.4 Å². The number of fused-ring (bicyclic) bond motifs is 1. The molecule has 2 aromatic heterocycles. The van der Waals surface area contributed by atoms with Gasteiger partial charge in [0.05, 0.1) is 32.1 Å². The van der Waals surface area contributed by atoms with Crippen molar-refractivity contribution < 1.29 is 42.5 Å². The molecule has 0 bridgehead atoms. The van der Waals surface area contributed by atoms with E-state index in [9.17, 15) is 28.9 Å². The summed E-state index contributed by atoms with van der Waals surface area (Å²) in [6.45, 7) is 1.21. The molecule has 174 valence electrons. The molecule has 5 atom stereocenters. The highest BCUT2D eigenvalue weighted by Crippen LogP contribution is 2.51. The summed E-state index contributed by atoms with van der Waals surface area (Å²) in [5.74, 6) is 0.934. The van der Waals surface area contributed by atoms with Gasteiger partial charge in [-0.05, 0) is 6.42 Å². The fourth-order valence-electron chi connectivity index (χ4n) is 2.76. The van der Waals surface area contributed by atoms with Gasteiger partial charge in [-0.2, -0.15) is 0 Å². The molecule has 1 saturated heterocycles. The largest absolute Gasteiger partial charge is 0.790 e. The number of hydrogen-bond donors (Lipinski definition) is 2. The molecule has 1 unspecified atom stereocenters. The van der Waals surface area contributed by atoms with Crippen LogP contribution in [0.1, 0.15) is 19.6 Å². The molecule has 1 fully saturated rings. The summed E-state index contributed by atoms with van der Waals surface area (Å²) in [4.78, 5) is 44.8. The number of aliphatic hydroxyl groups excluding tert-OH is 1. The lowest BCUT2D eigenvalue weighted by Gasteiger charge is -2.35. The molecule has 0 radical (unpaired) electrons. The Balaban J connectivity index is 1.81. The molecule has 0 spiro atoms. The maximum absolute atomic E-state index is 11.5. The fourth-order valence-corrected chi connectivity index (χ4v) is 7.14. The van der Waals surface area contributed by atoms with Gasteiger partial charge in [-0.25, -0.2) is 15.0 Å². The Bertz CT molecular complexity index is 1010. The first-order chi connectivity index (χ1) is 14.5. The normalized spacial score (nSPS) is 26.4. The van der Waals surface area contributed by atoms with Crippen molar-refractivity contribution in [3.05, 3.63) is 12.7 Å². The third kappa shape index (κ3) is 6.18. The maximum atomic E-state index is 11.5. The van der Waals surface area contributed by atoms with E-state index in [-0.39, 0.29) is 5.82 Å². The van der Waals surface area contributed by atoms with E-state index in [0.29, 0.717) is 11.2 Å². The van der Waals surface area contributed by atoms with Gasteiger partial charge in [0, 0.05) is 5.75 Å². The molecular weight excluding hydrogens is 496 g/mol. The van der Waals surface area contributed by atoms with Crippen molar-refractivity contribution in [1.82, 2.24) is 19.5 Å². The number of ether oxygens (including phenoxy) is 1. The maximum Gasteiger partial charge on any atom is 0.271 e. The predicted octanol–water partition coefficient (Wildman–Crippen LogP) is -0.843. The molecule has 0 amide bonds. The summed E-state index contributed by atoms with van der Waals surface area (Å²) < 4.78 is 37.3. The number of anilines is 1. The van der Waals surface area contributed by atoms with Gasteiger partial charge in [-0.1, -0.05) is 28.5 Å². The van der Waals surface area contributed by atoms with E-state index in [1.165, 1.54) is 38.8 Å². The minimum Gasteiger partial charge on any atom is -0.790 e. The highest BCUT2D eigenvalue weighted by atomic mass is 33.1. The van der Waals surface area contributed by atoms with E-state index in [1.54, 1.807) is 0 Å². The second-order valence-electron chi connectivity index (χ2n) is 6.29. The van der Waals surface area contributed by atoms with Gasteiger partial charge in [0.15, 0.2) is 17.7 Å². The van der Waals surface area contributed by atoms with Crippen molar-refractivity contribution in [3.8, 4) is 0 Å². The lowest BCUT2D eigenvalue weighted by Crippen LogP contribution is -2.32. The molecule has 2 aromatic rings. The molecular formula is C13H18N5O9P2S2-3. The van der Waals surface area contributed by atoms with E-state index in [0.717, 1.165) is 12.2 Å². The highest BCUT2D eigenvalue weighted by molar-refractivity contribution is 8.77. The number of imidazole rings is 1. The Kier molecular flexibility index (Phi) is 8.03. The monoisotopic (exact) mass is 514 g/mol. The SMILES string of the molecule is CCCSS[C@H]1[C@H](O)[C@@H](COP(=O)([O-])OP(=O)([O-])[O-])O[C@H]1n1cnc2c(N)ncnc21. The number of nitrogen functional groups attached to an aromatic ring is 1.